The first kappa shape index (κ1) is 41.0. The number of nitrogens with one attached hydrogen (secondary N) is 1. The largest absolute Gasteiger partial charge is 0.497 e. The van der Waals surface area contributed by atoms with E-state index in [0.29, 0.717) is 30.1 Å². The molecular formula is C44H52N3O8P. The summed E-state index contributed by atoms with van der Waals surface area (Å²) < 4.78 is 42.5. The summed E-state index contributed by atoms with van der Waals surface area (Å²) >= 11 is 0. The Morgan fingerprint density at radius 2 is 1.34 bits per heavy atom. The second kappa shape index (κ2) is 18.6. The maximum atomic E-state index is 13.2. The predicted octanol–water partition coefficient (Wildman–Crippen LogP) is 8.11. The van der Waals surface area contributed by atoms with Gasteiger partial charge in [0.1, 0.15) is 29.4 Å². The molecule has 0 aliphatic carbocycles. The molecule has 5 aromatic rings. The topological polar surface area (TPSA) is 113 Å². The van der Waals surface area contributed by atoms with Gasteiger partial charge in [-0.2, -0.15) is 0 Å². The molecule has 296 valence electrons. The molecule has 0 radical (unpaired) electrons. The van der Waals surface area contributed by atoms with Crippen molar-refractivity contribution in [2.24, 2.45) is 0 Å². The molecule has 1 aliphatic rings. The Balaban J connectivity index is 1.43. The minimum Gasteiger partial charge on any atom is -0.497 e. The second-order valence-electron chi connectivity index (χ2n) is 14.4. The van der Waals surface area contributed by atoms with Gasteiger partial charge in [-0.25, -0.2) is 9.46 Å². The molecule has 1 N–H and O–H groups in total. The average molecular weight is 782 g/mol. The van der Waals surface area contributed by atoms with Crippen molar-refractivity contribution in [1.82, 2.24) is 14.2 Å². The Labute approximate surface area is 330 Å². The number of hydrogen-bond donors (Lipinski definition) is 1. The van der Waals surface area contributed by atoms with Gasteiger partial charge in [-0.15, -0.1) is 0 Å². The summed E-state index contributed by atoms with van der Waals surface area (Å²) in [5, 5.41) is 0. The molecule has 0 amide bonds. The predicted molar refractivity (Wildman–Crippen MR) is 218 cm³/mol. The van der Waals surface area contributed by atoms with Crippen LogP contribution < -0.4 is 20.7 Å². The van der Waals surface area contributed by atoms with E-state index in [-0.39, 0.29) is 18.7 Å². The summed E-state index contributed by atoms with van der Waals surface area (Å²) in [5.41, 5.74) is 1.94. The second-order valence-corrected chi connectivity index (χ2v) is 15.8. The molecule has 1 saturated heterocycles. The molecule has 0 spiro atoms. The van der Waals surface area contributed by atoms with E-state index in [1.54, 1.807) is 27.3 Å². The van der Waals surface area contributed by atoms with E-state index in [0.717, 1.165) is 22.3 Å². The summed E-state index contributed by atoms with van der Waals surface area (Å²) in [6.07, 6.45) is -0.132. The lowest BCUT2D eigenvalue weighted by molar-refractivity contribution is -0.0926. The van der Waals surface area contributed by atoms with Crippen LogP contribution >= 0.6 is 8.53 Å². The van der Waals surface area contributed by atoms with Crippen LogP contribution in [0.25, 0.3) is 0 Å². The lowest BCUT2D eigenvalue weighted by atomic mass is 9.80. The number of nitrogens with zero attached hydrogens (tertiary/aromatic N) is 2. The number of ether oxygens (including phenoxy) is 4. The van der Waals surface area contributed by atoms with Gasteiger partial charge in [-0.05, 0) is 81.1 Å². The number of aromatic amines is 1. The van der Waals surface area contributed by atoms with Crippen LogP contribution in [0.5, 0.6) is 11.5 Å². The molecule has 12 heteroatoms. The zero-order valence-electron chi connectivity index (χ0n) is 33.1. The van der Waals surface area contributed by atoms with Crippen molar-refractivity contribution in [3.05, 3.63) is 164 Å². The van der Waals surface area contributed by atoms with Crippen LogP contribution in [0.3, 0.4) is 0 Å². The zero-order valence-corrected chi connectivity index (χ0v) is 34.0. The first-order valence-corrected chi connectivity index (χ1v) is 20.0. The number of aromatic nitrogens is 2. The summed E-state index contributed by atoms with van der Waals surface area (Å²) in [5.74, 6) is 1.43. The van der Waals surface area contributed by atoms with Crippen LogP contribution in [0.15, 0.2) is 125 Å². The molecule has 1 aliphatic heterocycles. The molecular weight excluding hydrogens is 729 g/mol. The molecule has 11 nitrogen and oxygen atoms in total. The average Bonchev–Trinajstić information content (AvgIpc) is 3.61. The Bertz CT molecular complexity index is 2050. The van der Waals surface area contributed by atoms with Crippen molar-refractivity contribution < 1.29 is 28.0 Å². The normalized spacial score (nSPS) is 17.8. The zero-order chi connectivity index (χ0) is 39.8. The molecule has 4 atom stereocenters. The van der Waals surface area contributed by atoms with Crippen molar-refractivity contribution in [3.8, 4) is 11.5 Å². The van der Waals surface area contributed by atoms with Gasteiger partial charge < -0.3 is 28.0 Å². The minimum absolute atomic E-state index is 0.0659. The quantitative estimate of drug-likeness (QED) is 0.0739. The molecule has 2 heterocycles. The van der Waals surface area contributed by atoms with Crippen LogP contribution in [0.4, 0.5) is 0 Å². The fraction of sp³-hybridized carbons (Fsp3) is 0.364. The first-order valence-electron chi connectivity index (χ1n) is 18.9. The Kier molecular flexibility index (Phi) is 13.6. The van der Waals surface area contributed by atoms with Gasteiger partial charge in [-0.3, -0.25) is 14.3 Å². The number of aryl methyl sites for hydroxylation is 1. The Morgan fingerprint density at radius 3 is 1.88 bits per heavy atom. The SMILES string of the molecule is COc1ccc(C(OC[C@H]2O[C@@H](n3cc(C)c(=O)[nH]c3=O)C[C@@H]2OP(OCc2ccccc2)N(C(C)C)C(C)C)(c2ccccc2)c2ccc(OC)cc2)cc1. The molecule has 0 bridgehead atoms. The van der Waals surface area contributed by atoms with E-state index in [2.05, 4.69) is 37.3 Å². The van der Waals surface area contributed by atoms with Gasteiger partial charge >= 0.3 is 5.69 Å². The van der Waals surface area contributed by atoms with Crippen LogP contribution in [-0.2, 0) is 30.7 Å². The van der Waals surface area contributed by atoms with Crippen LogP contribution in [-0.4, -0.2) is 59.3 Å². The third-order valence-corrected chi connectivity index (χ3v) is 12.0. The number of rotatable bonds is 17. The highest BCUT2D eigenvalue weighted by Crippen LogP contribution is 2.51. The standard InChI is InChI=1S/C44H52N3O8P/c1-30(2)47(31(3)4)56(53-28-33-14-10-8-11-15-33)55-39-26-41(46-27-32(5)42(48)45-43(46)49)54-40(39)29-52-44(34-16-12-9-13-17-34,35-18-22-37(50-6)23-19-35)36-20-24-38(51-7)25-21-36/h8-25,27,30-31,39-41H,26,28-29H2,1-7H3,(H,45,48,49)/t39-,40+,41+,56?/m0/s1. The van der Waals surface area contributed by atoms with Crippen LogP contribution in [0.2, 0.25) is 0 Å². The Morgan fingerprint density at radius 1 is 0.804 bits per heavy atom. The lowest BCUT2D eigenvalue weighted by Crippen LogP contribution is -2.39. The highest BCUT2D eigenvalue weighted by molar-refractivity contribution is 7.44. The van der Waals surface area contributed by atoms with Gasteiger partial charge in [-0.1, -0.05) is 84.9 Å². The fourth-order valence-electron chi connectivity index (χ4n) is 7.16. The van der Waals surface area contributed by atoms with E-state index in [1.165, 1.54) is 4.57 Å². The van der Waals surface area contributed by atoms with E-state index >= 15 is 0 Å². The molecule has 6 rings (SSSR count). The molecule has 0 saturated carbocycles. The van der Waals surface area contributed by atoms with Gasteiger partial charge in [0.15, 0.2) is 0 Å². The van der Waals surface area contributed by atoms with Gasteiger partial charge in [0.25, 0.3) is 14.1 Å². The maximum Gasteiger partial charge on any atom is 0.330 e. The van der Waals surface area contributed by atoms with E-state index in [9.17, 15) is 9.59 Å². The summed E-state index contributed by atoms with van der Waals surface area (Å²) in [4.78, 5) is 28.1. The highest BCUT2D eigenvalue weighted by Gasteiger charge is 2.45. The van der Waals surface area contributed by atoms with Gasteiger partial charge in [0.2, 0.25) is 0 Å². The van der Waals surface area contributed by atoms with Crippen molar-refractivity contribution >= 4 is 8.53 Å². The Hall–Kier alpha value is -4.61. The van der Waals surface area contributed by atoms with Crippen molar-refractivity contribution in [3.63, 3.8) is 0 Å². The number of hydrogen-bond acceptors (Lipinski definition) is 9. The third kappa shape index (κ3) is 9.16. The molecule has 1 aromatic heterocycles. The van der Waals surface area contributed by atoms with E-state index in [4.69, 9.17) is 28.0 Å². The number of benzene rings is 4. The third-order valence-electron chi connectivity index (χ3n) is 9.93. The minimum atomic E-state index is -1.63. The fourth-order valence-corrected chi connectivity index (χ4v) is 8.93. The maximum absolute atomic E-state index is 13.2. The number of methoxy groups -OCH3 is 2. The monoisotopic (exact) mass is 781 g/mol. The molecule has 1 unspecified atom stereocenters. The summed E-state index contributed by atoms with van der Waals surface area (Å²) in [6.45, 7) is 10.6. The summed E-state index contributed by atoms with van der Waals surface area (Å²) in [7, 11) is 1.65. The molecule has 56 heavy (non-hydrogen) atoms. The molecule has 1 fully saturated rings. The van der Waals surface area contributed by atoms with Gasteiger partial charge in [0.05, 0.1) is 33.5 Å². The lowest BCUT2D eigenvalue weighted by Gasteiger charge is -2.39. The first-order chi connectivity index (χ1) is 27.0. The van der Waals surface area contributed by atoms with E-state index < -0.39 is 43.8 Å². The summed E-state index contributed by atoms with van der Waals surface area (Å²) in [6, 6.07) is 36.0. The highest BCUT2D eigenvalue weighted by atomic mass is 31.2. The smallest absolute Gasteiger partial charge is 0.330 e. The molecule has 4 aromatic carbocycles. The van der Waals surface area contributed by atoms with Crippen LogP contribution in [0.1, 0.15) is 68.2 Å². The van der Waals surface area contributed by atoms with Crippen molar-refractivity contribution in [2.45, 2.75) is 83.8 Å². The van der Waals surface area contributed by atoms with Crippen molar-refractivity contribution in [1.29, 1.82) is 0 Å². The number of H-pyrrole nitrogens is 1. The van der Waals surface area contributed by atoms with Crippen LogP contribution in [0, 0.1) is 6.92 Å². The van der Waals surface area contributed by atoms with Gasteiger partial charge in [0, 0.05) is 30.3 Å². The van der Waals surface area contributed by atoms with Crippen molar-refractivity contribution in [2.75, 3.05) is 20.8 Å². The van der Waals surface area contributed by atoms with E-state index in [1.807, 2.05) is 109 Å².